The predicted molar refractivity (Wildman–Crippen MR) is 66.2 cm³/mol. The van der Waals surface area contributed by atoms with Crippen molar-refractivity contribution in [1.29, 1.82) is 0 Å². The standard InChI is InChI=1S/C12H17NO3S/c1-9(2)12(14)8-10-4-6-11(7-5-10)17(15,16)13-3/h4-7,9,13H,8H2,1-3H3. The summed E-state index contributed by atoms with van der Waals surface area (Å²) < 4.78 is 25.2. The van der Waals surface area contributed by atoms with Crippen LogP contribution in [-0.4, -0.2) is 21.2 Å². The van der Waals surface area contributed by atoms with E-state index in [0.717, 1.165) is 5.56 Å². The van der Waals surface area contributed by atoms with Crippen molar-refractivity contribution in [3.8, 4) is 0 Å². The van der Waals surface area contributed by atoms with Crippen LogP contribution >= 0.6 is 0 Å². The lowest BCUT2D eigenvalue weighted by Gasteiger charge is -2.06. The fourth-order valence-electron chi connectivity index (χ4n) is 1.31. The van der Waals surface area contributed by atoms with Crippen molar-refractivity contribution >= 4 is 15.8 Å². The van der Waals surface area contributed by atoms with E-state index in [1.54, 1.807) is 12.1 Å². The third-order valence-electron chi connectivity index (χ3n) is 2.52. The van der Waals surface area contributed by atoms with Crippen molar-refractivity contribution < 1.29 is 13.2 Å². The van der Waals surface area contributed by atoms with E-state index < -0.39 is 10.0 Å². The Hall–Kier alpha value is -1.20. The molecule has 4 nitrogen and oxygen atoms in total. The van der Waals surface area contributed by atoms with Crippen molar-refractivity contribution in [2.75, 3.05) is 7.05 Å². The molecule has 0 spiro atoms. The smallest absolute Gasteiger partial charge is 0.240 e. The molecule has 17 heavy (non-hydrogen) atoms. The maximum Gasteiger partial charge on any atom is 0.240 e. The van der Waals surface area contributed by atoms with Gasteiger partial charge < -0.3 is 0 Å². The Kier molecular flexibility index (Phi) is 4.42. The summed E-state index contributed by atoms with van der Waals surface area (Å²) >= 11 is 0. The summed E-state index contributed by atoms with van der Waals surface area (Å²) in [6, 6.07) is 6.36. The Labute approximate surface area is 102 Å². The normalized spacial score (nSPS) is 11.8. The van der Waals surface area contributed by atoms with E-state index in [1.807, 2.05) is 13.8 Å². The highest BCUT2D eigenvalue weighted by atomic mass is 32.2. The largest absolute Gasteiger partial charge is 0.299 e. The van der Waals surface area contributed by atoms with Gasteiger partial charge in [0.1, 0.15) is 5.78 Å². The number of nitrogens with one attached hydrogen (secondary N) is 1. The zero-order valence-corrected chi connectivity index (χ0v) is 11.0. The van der Waals surface area contributed by atoms with Gasteiger partial charge in [-0.1, -0.05) is 26.0 Å². The van der Waals surface area contributed by atoms with E-state index in [9.17, 15) is 13.2 Å². The van der Waals surface area contributed by atoms with Crippen LogP contribution in [0.25, 0.3) is 0 Å². The van der Waals surface area contributed by atoms with E-state index >= 15 is 0 Å². The average Bonchev–Trinajstić information content (AvgIpc) is 2.29. The second-order valence-electron chi connectivity index (χ2n) is 4.15. The first-order valence-corrected chi connectivity index (χ1v) is 6.90. The highest BCUT2D eigenvalue weighted by Gasteiger charge is 2.12. The minimum Gasteiger partial charge on any atom is -0.299 e. The summed E-state index contributed by atoms with van der Waals surface area (Å²) in [5, 5.41) is 0. The Balaban J connectivity index is 2.86. The van der Waals surface area contributed by atoms with Gasteiger partial charge >= 0.3 is 0 Å². The first kappa shape index (κ1) is 13.9. The van der Waals surface area contributed by atoms with Crippen LogP contribution in [0.1, 0.15) is 19.4 Å². The molecule has 0 aliphatic carbocycles. The van der Waals surface area contributed by atoms with Crippen LogP contribution in [0.5, 0.6) is 0 Å². The van der Waals surface area contributed by atoms with Gasteiger partial charge in [-0.15, -0.1) is 0 Å². The van der Waals surface area contributed by atoms with Crippen LogP contribution in [0.2, 0.25) is 0 Å². The lowest BCUT2D eigenvalue weighted by atomic mass is 10.0. The fraction of sp³-hybridized carbons (Fsp3) is 0.417. The first-order chi connectivity index (χ1) is 7.86. The molecule has 0 aliphatic rings. The number of sulfonamides is 1. The van der Waals surface area contributed by atoms with Crippen LogP contribution < -0.4 is 4.72 Å². The topological polar surface area (TPSA) is 63.2 Å². The fourth-order valence-corrected chi connectivity index (χ4v) is 2.04. The summed E-state index contributed by atoms with van der Waals surface area (Å²) in [5.41, 5.74) is 0.832. The highest BCUT2D eigenvalue weighted by molar-refractivity contribution is 7.89. The average molecular weight is 255 g/mol. The Bertz CT molecular complexity index is 489. The molecule has 0 fully saturated rings. The summed E-state index contributed by atoms with van der Waals surface area (Å²) in [6.07, 6.45) is 0.345. The minimum atomic E-state index is -3.39. The van der Waals surface area contributed by atoms with Crippen LogP contribution in [0, 0.1) is 5.92 Å². The number of rotatable bonds is 5. The number of carbonyl (C=O) groups is 1. The van der Waals surface area contributed by atoms with E-state index in [1.165, 1.54) is 19.2 Å². The first-order valence-electron chi connectivity index (χ1n) is 5.42. The van der Waals surface area contributed by atoms with Crippen molar-refractivity contribution in [1.82, 2.24) is 4.72 Å². The molecule has 0 radical (unpaired) electrons. The summed E-state index contributed by atoms with van der Waals surface area (Å²) in [4.78, 5) is 11.7. The van der Waals surface area contributed by atoms with Gasteiger partial charge in [-0.25, -0.2) is 13.1 Å². The zero-order chi connectivity index (χ0) is 13.1. The Morgan fingerprint density at radius 2 is 1.76 bits per heavy atom. The number of hydrogen-bond acceptors (Lipinski definition) is 3. The van der Waals surface area contributed by atoms with Crippen LogP contribution in [0.3, 0.4) is 0 Å². The molecule has 1 rings (SSSR count). The van der Waals surface area contributed by atoms with Crippen LogP contribution in [0.4, 0.5) is 0 Å². The maximum absolute atomic E-state index is 11.5. The van der Waals surface area contributed by atoms with Crippen LogP contribution in [-0.2, 0) is 21.2 Å². The van der Waals surface area contributed by atoms with Crippen molar-refractivity contribution in [3.05, 3.63) is 29.8 Å². The highest BCUT2D eigenvalue weighted by Crippen LogP contribution is 2.12. The molecule has 1 N–H and O–H groups in total. The summed E-state index contributed by atoms with van der Waals surface area (Å²) in [6.45, 7) is 3.70. The van der Waals surface area contributed by atoms with Gasteiger partial charge in [-0.2, -0.15) is 0 Å². The molecule has 0 bridgehead atoms. The monoisotopic (exact) mass is 255 g/mol. The third-order valence-corrected chi connectivity index (χ3v) is 3.95. The summed E-state index contributed by atoms with van der Waals surface area (Å²) in [7, 11) is -2.03. The number of carbonyl (C=O) groups excluding carboxylic acids is 1. The van der Waals surface area contributed by atoms with Gasteiger partial charge in [0.15, 0.2) is 0 Å². The lowest BCUT2D eigenvalue weighted by molar-refractivity contribution is -0.121. The Morgan fingerprint density at radius 1 is 1.24 bits per heavy atom. The van der Waals surface area contributed by atoms with Gasteiger partial charge in [-0.3, -0.25) is 4.79 Å². The maximum atomic E-state index is 11.5. The number of Topliss-reactive ketones (excluding diaryl/α,β-unsaturated/α-hetero) is 1. The van der Waals surface area contributed by atoms with E-state index in [-0.39, 0.29) is 16.6 Å². The molecule has 0 atom stereocenters. The third kappa shape index (κ3) is 3.64. The molecule has 0 aromatic heterocycles. The summed E-state index contributed by atoms with van der Waals surface area (Å²) in [5.74, 6) is 0.143. The molecule has 0 saturated heterocycles. The van der Waals surface area contributed by atoms with Gasteiger partial charge in [0, 0.05) is 12.3 Å². The number of hydrogen-bond donors (Lipinski definition) is 1. The number of ketones is 1. The Morgan fingerprint density at radius 3 is 2.18 bits per heavy atom. The van der Waals surface area contributed by atoms with E-state index in [2.05, 4.69) is 4.72 Å². The van der Waals surface area contributed by atoms with Crippen molar-refractivity contribution in [3.63, 3.8) is 0 Å². The van der Waals surface area contributed by atoms with Gasteiger partial charge in [0.05, 0.1) is 4.90 Å². The predicted octanol–water partition coefficient (Wildman–Crippen LogP) is 1.36. The van der Waals surface area contributed by atoms with Gasteiger partial charge in [0.2, 0.25) is 10.0 Å². The molecule has 0 unspecified atom stereocenters. The molecule has 0 heterocycles. The zero-order valence-electron chi connectivity index (χ0n) is 10.2. The molecule has 0 saturated carbocycles. The van der Waals surface area contributed by atoms with E-state index in [0.29, 0.717) is 6.42 Å². The molecule has 1 aromatic rings. The SMILES string of the molecule is CNS(=O)(=O)c1ccc(CC(=O)C(C)C)cc1. The second kappa shape index (κ2) is 5.42. The van der Waals surface area contributed by atoms with E-state index in [4.69, 9.17) is 0 Å². The number of benzene rings is 1. The molecule has 0 amide bonds. The lowest BCUT2D eigenvalue weighted by Crippen LogP contribution is -2.18. The molecule has 1 aromatic carbocycles. The van der Waals surface area contributed by atoms with Gasteiger partial charge in [0.25, 0.3) is 0 Å². The molecule has 5 heteroatoms. The molecular weight excluding hydrogens is 238 g/mol. The molecule has 94 valence electrons. The van der Waals surface area contributed by atoms with Crippen molar-refractivity contribution in [2.24, 2.45) is 5.92 Å². The quantitative estimate of drug-likeness (QED) is 0.864. The van der Waals surface area contributed by atoms with Crippen molar-refractivity contribution in [2.45, 2.75) is 25.2 Å². The molecule has 0 aliphatic heterocycles. The van der Waals surface area contributed by atoms with Crippen LogP contribution in [0.15, 0.2) is 29.2 Å². The molecular formula is C12H17NO3S. The van der Waals surface area contributed by atoms with Gasteiger partial charge in [-0.05, 0) is 24.7 Å². The second-order valence-corrected chi connectivity index (χ2v) is 6.04. The minimum absolute atomic E-state index is 0.00397.